The maximum absolute atomic E-state index is 13.4. The minimum atomic E-state index is -0.188. The number of aromatic nitrogens is 4. The summed E-state index contributed by atoms with van der Waals surface area (Å²) in [5.74, 6) is 0.487. The van der Waals surface area contributed by atoms with Gasteiger partial charge in [-0.3, -0.25) is 4.79 Å². The molecule has 5 rings (SSSR count). The topological polar surface area (TPSA) is 60.7 Å². The van der Waals surface area contributed by atoms with Crippen molar-refractivity contribution in [3.8, 4) is 15.7 Å². The van der Waals surface area contributed by atoms with E-state index in [1.807, 2.05) is 78.9 Å². The standard InChI is InChI=1S/C24H15ClN4OS/c25-18-10-6-9-17(15-18)22-27-28-24(31-22)29-21(14-13-16-7-2-1-3-8-16)26-20-12-5-4-11-19(20)23(29)30/h1-15H/b14-13+. The van der Waals surface area contributed by atoms with Gasteiger partial charge in [0.25, 0.3) is 5.56 Å². The van der Waals surface area contributed by atoms with Crippen LogP contribution in [0.3, 0.4) is 0 Å². The zero-order valence-corrected chi connectivity index (χ0v) is 17.7. The fourth-order valence-corrected chi connectivity index (χ4v) is 4.26. The number of rotatable bonds is 4. The predicted molar refractivity (Wildman–Crippen MR) is 127 cm³/mol. The lowest BCUT2D eigenvalue weighted by molar-refractivity contribution is 0.899. The Morgan fingerprint density at radius 2 is 1.68 bits per heavy atom. The molecular formula is C24H15ClN4OS. The van der Waals surface area contributed by atoms with Gasteiger partial charge in [-0.15, -0.1) is 10.2 Å². The first-order valence-corrected chi connectivity index (χ1v) is 10.7. The third-order valence-corrected chi connectivity index (χ3v) is 5.90. The van der Waals surface area contributed by atoms with E-state index in [0.29, 0.717) is 31.9 Å². The second-order valence-electron chi connectivity index (χ2n) is 6.77. The molecule has 5 aromatic rings. The van der Waals surface area contributed by atoms with E-state index in [4.69, 9.17) is 16.6 Å². The highest BCUT2D eigenvalue weighted by molar-refractivity contribution is 7.17. The van der Waals surface area contributed by atoms with Crippen LogP contribution in [0.15, 0.2) is 83.7 Å². The Kier molecular flexibility index (Phi) is 5.16. The van der Waals surface area contributed by atoms with Crippen LogP contribution in [0.1, 0.15) is 11.4 Å². The predicted octanol–water partition coefficient (Wildman–Crippen LogP) is 5.73. The quantitative estimate of drug-likeness (QED) is 0.356. The molecule has 0 aliphatic heterocycles. The Balaban J connectivity index is 1.68. The third-order valence-electron chi connectivity index (χ3n) is 4.70. The van der Waals surface area contributed by atoms with Crippen molar-refractivity contribution in [2.75, 3.05) is 0 Å². The van der Waals surface area contributed by atoms with Gasteiger partial charge < -0.3 is 0 Å². The summed E-state index contributed by atoms with van der Waals surface area (Å²) >= 11 is 7.43. The van der Waals surface area contributed by atoms with Crippen LogP contribution in [0, 0.1) is 0 Å². The molecule has 0 radical (unpaired) electrons. The monoisotopic (exact) mass is 442 g/mol. The second-order valence-corrected chi connectivity index (χ2v) is 8.16. The van der Waals surface area contributed by atoms with Gasteiger partial charge in [0, 0.05) is 10.6 Å². The first-order valence-electron chi connectivity index (χ1n) is 9.54. The van der Waals surface area contributed by atoms with E-state index in [-0.39, 0.29) is 5.56 Å². The number of halogens is 1. The summed E-state index contributed by atoms with van der Waals surface area (Å²) in [5.41, 5.74) is 2.30. The molecule has 0 amide bonds. The van der Waals surface area contributed by atoms with Crippen molar-refractivity contribution in [2.24, 2.45) is 0 Å². The minimum Gasteiger partial charge on any atom is -0.268 e. The average Bonchev–Trinajstić information content (AvgIpc) is 3.28. The number of hydrogen-bond acceptors (Lipinski definition) is 5. The van der Waals surface area contributed by atoms with Gasteiger partial charge >= 0.3 is 0 Å². The van der Waals surface area contributed by atoms with E-state index in [1.165, 1.54) is 15.9 Å². The van der Waals surface area contributed by atoms with E-state index in [1.54, 1.807) is 12.1 Å². The highest BCUT2D eigenvalue weighted by atomic mass is 35.5. The molecule has 7 heteroatoms. The number of fused-ring (bicyclic) bond motifs is 1. The van der Waals surface area contributed by atoms with Gasteiger partial charge in [-0.05, 0) is 35.9 Å². The molecule has 0 saturated heterocycles. The van der Waals surface area contributed by atoms with Crippen LogP contribution in [-0.4, -0.2) is 19.7 Å². The summed E-state index contributed by atoms with van der Waals surface area (Å²) in [6.07, 6.45) is 3.75. The van der Waals surface area contributed by atoms with E-state index in [9.17, 15) is 4.79 Å². The fourth-order valence-electron chi connectivity index (χ4n) is 3.23. The van der Waals surface area contributed by atoms with Gasteiger partial charge in [0.15, 0.2) is 0 Å². The Bertz CT molecular complexity index is 1470. The molecule has 0 bridgehead atoms. The number of benzene rings is 3. The molecule has 5 nitrogen and oxygen atoms in total. The highest BCUT2D eigenvalue weighted by Gasteiger charge is 2.16. The molecule has 0 aliphatic carbocycles. The van der Waals surface area contributed by atoms with Crippen molar-refractivity contribution >= 4 is 46.0 Å². The van der Waals surface area contributed by atoms with Gasteiger partial charge in [0.1, 0.15) is 10.8 Å². The molecular weight excluding hydrogens is 428 g/mol. The smallest absolute Gasteiger partial charge is 0.268 e. The first-order chi connectivity index (χ1) is 15.2. The van der Waals surface area contributed by atoms with Crippen LogP contribution in [0.5, 0.6) is 0 Å². The summed E-state index contributed by atoms with van der Waals surface area (Å²) in [5, 5.41) is 10.8. The Morgan fingerprint density at radius 3 is 2.52 bits per heavy atom. The summed E-state index contributed by atoms with van der Waals surface area (Å²) in [6.45, 7) is 0. The molecule has 0 unspecified atom stereocenters. The molecule has 0 fully saturated rings. The van der Waals surface area contributed by atoms with E-state index < -0.39 is 0 Å². The van der Waals surface area contributed by atoms with Gasteiger partial charge in [-0.25, -0.2) is 9.55 Å². The molecule has 0 aliphatic rings. The van der Waals surface area contributed by atoms with Crippen molar-refractivity contribution < 1.29 is 0 Å². The molecule has 0 spiro atoms. The maximum atomic E-state index is 13.4. The van der Waals surface area contributed by atoms with Crippen molar-refractivity contribution in [3.05, 3.63) is 106 Å². The van der Waals surface area contributed by atoms with Gasteiger partial charge in [0.2, 0.25) is 5.13 Å². The van der Waals surface area contributed by atoms with Gasteiger partial charge in [0.05, 0.1) is 10.9 Å². The van der Waals surface area contributed by atoms with Gasteiger partial charge in [-0.1, -0.05) is 83.6 Å². The molecule has 3 aromatic carbocycles. The summed E-state index contributed by atoms with van der Waals surface area (Å²) in [6, 6.07) is 24.5. The summed E-state index contributed by atoms with van der Waals surface area (Å²) in [4.78, 5) is 18.1. The third kappa shape index (κ3) is 3.91. The van der Waals surface area contributed by atoms with Crippen LogP contribution in [0.4, 0.5) is 0 Å². The fraction of sp³-hybridized carbons (Fsp3) is 0. The molecule has 0 saturated carbocycles. The van der Waals surface area contributed by atoms with E-state index in [2.05, 4.69) is 10.2 Å². The SMILES string of the molecule is O=c1c2ccccc2nc(/C=C/c2ccccc2)n1-c1nnc(-c2cccc(Cl)c2)s1. The zero-order chi connectivity index (χ0) is 21.2. The molecule has 0 atom stereocenters. The summed E-state index contributed by atoms with van der Waals surface area (Å²) < 4.78 is 1.51. The number of hydrogen-bond donors (Lipinski definition) is 0. The summed E-state index contributed by atoms with van der Waals surface area (Å²) in [7, 11) is 0. The largest absolute Gasteiger partial charge is 0.268 e. The first kappa shape index (κ1) is 19.4. The second kappa shape index (κ2) is 8.26. The lowest BCUT2D eigenvalue weighted by atomic mass is 10.2. The normalized spacial score (nSPS) is 11.4. The lowest BCUT2D eigenvalue weighted by Crippen LogP contribution is -2.22. The van der Waals surface area contributed by atoms with Crippen LogP contribution >= 0.6 is 22.9 Å². The lowest BCUT2D eigenvalue weighted by Gasteiger charge is -2.07. The van der Waals surface area contributed by atoms with Crippen LogP contribution in [-0.2, 0) is 0 Å². The molecule has 2 aromatic heterocycles. The van der Waals surface area contributed by atoms with Crippen LogP contribution in [0.2, 0.25) is 5.02 Å². The average molecular weight is 443 g/mol. The molecule has 150 valence electrons. The maximum Gasteiger partial charge on any atom is 0.268 e. The van der Waals surface area contributed by atoms with E-state index >= 15 is 0 Å². The Labute approximate surface area is 186 Å². The van der Waals surface area contributed by atoms with Crippen molar-refractivity contribution in [1.29, 1.82) is 0 Å². The van der Waals surface area contributed by atoms with Crippen molar-refractivity contribution in [1.82, 2.24) is 19.7 Å². The van der Waals surface area contributed by atoms with Crippen LogP contribution in [0.25, 0.3) is 38.8 Å². The van der Waals surface area contributed by atoms with Crippen LogP contribution < -0.4 is 5.56 Å². The van der Waals surface area contributed by atoms with Gasteiger partial charge in [-0.2, -0.15) is 0 Å². The van der Waals surface area contributed by atoms with E-state index in [0.717, 1.165) is 11.1 Å². The zero-order valence-electron chi connectivity index (χ0n) is 16.1. The molecule has 31 heavy (non-hydrogen) atoms. The van der Waals surface area contributed by atoms with Crippen molar-refractivity contribution in [3.63, 3.8) is 0 Å². The number of nitrogens with zero attached hydrogens (tertiary/aromatic N) is 4. The van der Waals surface area contributed by atoms with Crippen molar-refractivity contribution in [2.45, 2.75) is 0 Å². The minimum absolute atomic E-state index is 0.188. The highest BCUT2D eigenvalue weighted by Crippen LogP contribution is 2.28. The molecule has 2 heterocycles. The Hall–Kier alpha value is -3.61. The number of para-hydroxylation sites is 1. The Morgan fingerprint density at radius 1 is 0.871 bits per heavy atom. The molecule has 0 N–H and O–H groups in total.